The molecule has 0 aromatic heterocycles. The second-order valence-corrected chi connectivity index (χ2v) is 7.67. The van der Waals surface area contributed by atoms with E-state index in [0.717, 1.165) is 25.7 Å². The van der Waals surface area contributed by atoms with Crippen molar-refractivity contribution in [1.82, 2.24) is 5.32 Å². The first-order valence-electron chi connectivity index (χ1n) is 10.7. The number of aryl methyl sites for hydroxylation is 2. The van der Waals surface area contributed by atoms with Crippen LogP contribution < -0.4 is 5.32 Å². The van der Waals surface area contributed by atoms with Crippen molar-refractivity contribution in [3.8, 4) is 0 Å². The molecular formula is C25H33NO4. The molecule has 0 fully saturated rings. The third-order valence-electron chi connectivity index (χ3n) is 4.77. The number of alkyl carbamates (subject to hydrolysis) is 1. The van der Waals surface area contributed by atoms with Crippen LogP contribution in [0.15, 0.2) is 54.6 Å². The predicted octanol–water partition coefficient (Wildman–Crippen LogP) is 5.32. The average molecular weight is 412 g/mol. The molecule has 2 aromatic rings. The second-order valence-electron chi connectivity index (χ2n) is 7.67. The number of ether oxygens (including phenoxy) is 2. The molecule has 5 nitrogen and oxygen atoms in total. The van der Waals surface area contributed by atoms with Gasteiger partial charge in [-0.2, -0.15) is 0 Å². The molecule has 2 atom stereocenters. The highest BCUT2D eigenvalue weighted by Gasteiger charge is 2.16. The molecule has 0 saturated heterocycles. The Labute approximate surface area is 179 Å². The van der Waals surface area contributed by atoms with E-state index in [1.54, 1.807) is 12.1 Å². The standard InChI is InChI=1S/C25H33NO4/c1-4-9-21-13-15-23(16-14-21)24(27)30-20(3)18-19(2)26-25(28)29-17-8-12-22-10-6-5-7-11-22/h5-7,10-11,13-16,19-20H,4,8-9,12,17-18H2,1-3H3,(H,26,28). The minimum Gasteiger partial charge on any atom is -0.459 e. The molecule has 0 aliphatic heterocycles. The maximum Gasteiger partial charge on any atom is 0.407 e. The van der Waals surface area contributed by atoms with Gasteiger partial charge in [-0.25, -0.2) is 9.59 Å². The van der Waals surface area contributed by atoms with Gasteiger partial charge in [0, 0.05) is 12.5 Å². The third kappa shape index (κ3) is 8.68. The number of hydrogen-bond acceptors (Lipinski definition) is 4. The van der Waals surface area contributed by atoms with Crippen molar-refractivity contribution in [1.29, 1.82) is 0 Å². The molecule has 2 rings (SSSR count). The third-order valence-corrected chi connectivity index (χ3v) is 4.77. The summed E-state index contributed by atoms with van der Waals surface area (Å²) in [7, 11) is 0. The number of nitrogens with one attached hydrogen (secondary N) is 1. The van der Waals surface area contributed by atoms with Crippen LogP contribution in [0.1, 0.15) is 61.5 Å². The maximum atomic E-state index is 12.3. The van der Waals surface area contributed by atoms with E-state index in [1.807, 2.05) is 44.2 Å². The van der Waals surface area contributed by atoms with Gasteiger partial charge in [0.15, 0.2) is 0 Å². The smallest absolute Gasteiger partial charge is 0.407 e. The van der Waals surface area contributed by atoms with Crippen LogP contribution in [0.2, 0.25) is 0 Å². The number of amides is 1. The Balaban J connectivity index is 1.64. The molecule has 5 heteroatoms. The Kier molecular flexibility index (Phi) is 9.92. The molecule has 0 saturated carbocycles. The van der Waals surface area contributed by atoms with Crippen LogP contribution in [0.25, 0.3) is 0 Å². The minimum atomic E-state index is -0.444. The molecule has 0 spiro atoms. The summed E-state index contributed by atoms with van der Waals surface area (Å²) in [5, 5.41) is 2.79. The number of benzene rings is 2. The molecule has 0 aliphatic rings. The number of hydrogen-bond donors (Lipinski definition) is 1. The van der Waals surface area contributed by atoms with Crippen molar-refractivity contribution in [2.24, 2.45) is 0 Å². The largest absolute Gasteiger partial charge is 0.459 e. The van der Waals surface area contributed by atoms with Gasteiger partial charge in [-0.15, -0.1) is 0 Å². The van der Waals surface area contributed by atoms with Crippen molar-refractivity contribution in [2.45, 2.75) is 65.0 Å². The number of carbonyl (C=O) groups is 2. The van der Waals surface area contributed by atoms with Crippen molar-refractivity contribution in [3.05, 3.63) is 71.3 Å². The van der Waals surface area contributed by atoms with Crippen LogP contribution in [0, 0.1) is 0 Å². The molecule has 0 radical (unpaired) electrons. The van der Waals surface area contributed by atoms with Crippen LogP contribution in [0.4, 0.5) is 4.79 Å². The predicted molar refractivity (Wildman–Crippen MR) is 119 cm³/mol. The van der Waals surface area contributed by atoms with E-state index >= 15 is 0 Å². The Morgan fingerprint density at radius 2 is 1.60 bits per heavy atom. The first kappa shape index (κ1) is 23.5. The van der Waals surface area contributed by atoms with Crippen molar-refractivity contribution >= 4 is 12.1 Å². The van der Waals surface area contributed by atoms with Gasteiger partial charge in [-0.05, 0) is 56.4 Å². The lowest BCUT2D eigenvalue weighted by Gasteiger charge is -2.19. The van der Waals surface area contributed by atoms with Gasteiger partial charge in [0.2, 0.25) is 0 Å². The molecule has 0 aliphatic carbocycles. The van der Waals surface area contributed by atoms with Crippen LogP contribution in [-0.2, 0) is 22.3 Å². The van der Waals surface area contributed by atoms with Gasteiger partial charge in [0.1, 0.15) is 6.10 Å². The van der Waals surface area contributed by atoms with Crippen LogP contribution >= 0.6 is 0 Å². The Bertz CT molecular complexity index is 773. The molecule has 2 aromatic carbocycles. The van der Waals surface area contributed by atoms with Gasteiger partial charge in [0.05, 0.1) is 12.2 Å². The molecule has 0 bridgehead atoms. The normalized spacial score (nSPS) is 12.6. The summed E-state index contributed by atoms with van der Waals surface area (Å²) in [5.41, 5.74) is 2.98. The van der Waals surface area contributed by atoms with E-state index in [4.69, 9.17) is 9.47 Å². The Morgan fingerprint density at radius 3 is 2.27 bits per heavy atom. The molecule has 1 amide bonds. The highest BCUT2D eigenvalue weighted by atomic mass is 16.6. The van der Waals surface area contributed by atoms with Crippen LogP contribution in [-0.4, -0.2) is 30.8 Å². The SMILES string of the molecule is CCCc1ccc(C(=O)OC(C)CC(C)NC(=O)OCCCc2ccccc2)cc1. The summed E-state index contributed by atoms with van der Waals surface area (Å²) in [4.78, 5) is 24.2. The summed E-state index contributed by atoms with van der Waals surface area (Å²) >= 11 is 0. The highest BCUT2D eigenvalue weighted by Crippen LogP contribution is 2.11. The highest BCUT2D eigenvalue weighted by molar-refractivity contribution is 5.89. The number of carbonyl (C=O) groups excluding carboxylic acids is 2. The lowest BCUT2D eigenvalue weighted by Crippen LogP contribution is -2.36. The Hall–Kier alpha value is -2.82. The molecule has 2 unspecified atom stereocenters. The van der Waals surface area contributed by atoms with Gasteiger partial charge in [0.25, 0.3) is 0 Å². The molecule has 30 heavy (non-hydrogen) atoms. The Morgan fingerprint density at radius 1 is 0.933 bits per heavy atom. The maximum absolute atomic E-state index is 12.3. The summed E-state index contributed by atoms with van der Waals surface area (Å²) in [5.74, 6) is -0.346. The fourth-order valence-electron chi connectivity index (χ4n) is 3.28. The van der Waals surface area contributed by atoms with Gasteiger partial charge >= 0.3 is 12.1 Å². The molecule has 1 N–H and O–H groups in total. The van der Waals surface area contributed by atoms with E-state index in [1.165, 1.54) is 11.1 Å². The van der Waals surface area contributed by atoms with Crippen molar-refractivity contribution in [2.75, 3.05) is 6.61 Å². The van der Waals surface area contributed by atoms with E-state index in [2.05, 4.69) is 24.4 Å². The number of esters is 1. The lowest BCUT2D eigenvalue weighted by molar-refractivity contribution is 0.0307. The first-order valence-corrected chi connectivity index (χ1v) is 10.7. The van der Waals surface area contributed by atoms with Gasteiger partial charge < -0.3 is 14.8 Å². The van der Waals surface area contributed by atoms with E-state index in [0.29, 0.717) is 18.6 Å². The monoisotopic (exact) mass is 411 g/mol. The fourth-order valence-corrected chi connectivity index (χ4v) is 3.28. The van der Waals surface area contributed by atoms with Crippen molar-refractivity contribution < 1.29 is 19.1 Å². The molecular weight excluding hydrogens is 378 g/mol. The zero-order chi connectivity index (χ0) is 21.8. The van der Waals surface area contributed by atoms with Gasteiger partial charge in [-0.1, -0.05) is 55.8 Å². The summed E-state index contributed by atoms with van der Waals surface area (Å²) in [6.07, 6.45) is 3.46. The zero-order valence-electron chi connectivity index (χ0n) is 18.2. The van der Waals surface area contributed by atoms with E-state index < -0.39 is 6.09 Å². The minimum absolute atomic E-state index is 0.165. The van der Waals surface area contributed by atoms with Crippen LogP contribution in [0.5, 0.6) is 0 Å². The molecule has 162 valence electrons. The zero-order valence-corrected chi connectivity index (χ0v) is 18.2. The summed E-state index contributed by atoms with van der Waals surface area (Å²) in [6, 6.07) is 17.5. The van der Waals surface area contributed by atoms with E-state index in [9.17, 15) is 9.59 Å². The summed E-state index contributed by atoms with van der Waals surface area (Å²) < 4.78 is 10.7. The topological polar surface area (TPSA) is 64.6 Å². The second kappa shape index (κ2) is 12.7. The average Bonchev–Trinajstić information content (AvgIpc) is 2.72. The van der Waals surface area contributed by atoms with Gasteiger partial charge in [-0.3, -0.25) is 0 Å². The summed E-state index contributed by atoms with van der Waals surface area (Å²) in [6.45, 7) is 6.19. The fraction of sp³-hybridized carbons (Fsp3) is 0.440. The quantitative estimate of drug-likeness (QED) is 0.401. The van der Waals surface area contributed by atoms with E-state index in [-0.39, 0.29) is 18.1 Å². The lowest BCUT2D eigenvalue weighted by atomic mass is 10.1. The van der Waals surface area contributed by atoms with Crippen LogP contribution in [0.3, 0.4) is 0 Å². The number of rotatable bonds is 11. The first-order chi connectivity index (χ1) is 14.5. The van der Waals surface area contributed by atoms with Crippen molar-refractivity contribution in [3.63, 3.8) is 0 Å². The molecule has 0 heterocycles.